The van der Waals surface area contributed by atoms with E-state index in [0.29, 0.717) is 16.8 Å². The van der Waals surface area contributed by atoms with Crippen molar-refractivity contribution in [3.8, 4) is 11.5 Å². The van der Waals surface area contributed by atoms with Gasteiger partial charge >= 0.3 is 0 Å². The van der Waals surface area contributed by atoms with Gasteiger partial charge in [0.05, 0.1) is 11.1 Å². The molecule has 0 aliphatic heterocycles. The van der Waals surface area contributed by atoms with Crippen LogP contribution in [0.5, 0.6) is 11.5 Å². The van der Waals surface area contributed by atoms with E-state index in [4.69, 9.17) is 4.74 Å². The molecule has 0 unspecified atom stereocenters. The van der Waals surface area contributed by atoms with Gasteiger partial charge in [0.25, 0.3) is 0 Å². The zero-order chi connectivity index (χ0) is 14.6. The van der Waals surface area contributed by atoms with E-state index in [2.05, 4.69) is 48.6 Å². The number of halogens is 1. The van der Waals surface area contributed by atoms with E-state index in [0.717, 1.165) is 18.5 Å². The van der Waals surface area contributed by atoms with Crippen LogP contribution in [0, 0.1) is 0 Å². The average molecular weight is 330 g/mol. The Balaban J connectivity index is 2.96. The second-order valence-corrected chi connectivity index (χ2v) is 6.23. The van der Waals surface area contributed by atoms with Crippen LogP contribution < -0.4 is 4.74 Å². The summed E-state index contributed by atoms with van der Waals surface area (Å²) in [6.07, 6.45) is 1.08. The molecular weight excluding hydrogens is 306 g/mol. The van der Waals surface area contributed by atoms with Crippen molar-refractivity contribution in [2.45, 2.75) is 46.2 Å². The van der Waals surface area contributed by atoms with Crippen LogP contribution in [0.1, 0.15) is 39.7 Å². The first-order chi connectivity index (χ1) is 8.81. The minimum absolute atomic E-state index is 0.149. The van der Waals surface area contributed by atoms with Crippen molar-refractivity contribution >= 4 is 15.9 Å². The van der Waals surface area contributed by atoms with E-state index in [-0.39, 0.29) is 11.3 Å². The van der Waals surface area contributed by atoms with Gasteiger partial charge < -0.3 is 9.84 Å². The molecular formula is C15H24BrNO2. The smallest absolute Gasteiger partial charge is 0.172 e. The van der Waals surface area contributed by atoms with Crippen LogP contribution in [0.15, 0.2) is 16.6 Å². The second kappa shape index (κ2) is 6.62. The molecule has 1 rings (SSSR count). The van der Waals surface area contributed by atoms with Gasteiger partial charge in [0.2, 0.25) is 0 Å². The maximum absolute atomic E-state index is 9.91. The standard InChI is InChI=1S/C15H24BrNO2/c1-6-15(3,4)17(5)10-11-8-12(16)14(18)13(9-11)19-7-2/h8-9,18H,6-7,10H2,1-5H3. The van der Waals surface area contributed by atoms with Crippen molar-refractivity contribution in [3.05, 3.63) is 22.2 Å². The molecule has 0 saturated carbocycles. The molecule has 3 nitrogen and oxygen atoms in total. The Morgan fingerprint density at radius 3 is 2.47 bits per heavy atom. The summed E-state index contributed by atoms with van der Waals surface area (Å²) < 4.78 is 6.13. The number of ether oxygens (including phenoxy) is 1. The first kappa shape index (κ1) is 16.3. The van der Waals surface area contributed by atoms with Crippen LogP contribution in [0.2, 0.25) is 0 Å². The highest BCUT2D eigenvalue weighted by Crippen LogP contribution is 2.36. The predicted molar refractivity (Wildman–Crippen MR) is 82.8 cm³/mol. The van der Waals surface area contributed by atoms with Crippen LogP contribution in [0.25, 0.3) is 0 Å². The van der Waals surface area contributed by atoms with E-state index in [9.17, 15) is 5.11 Å². The van der Waals surface area contributed by atoms with Crippen LogP contribution in [0.4, 0.5) is 0 Å². The molecule has 0 atom stereocenters. The largest absolute Gasteiger partial charge is 0.503 e. The number of phenolic OH excluding ortho intramolecular Hbond substituents is 1. The van der Waals surface area contributed by atoms with Crippen LogP contribution in [-0.2, 0) is 6.54 Å². The Bertz CT molecular complexity index is 432. The lowest BCUT2D eigenvalue weighted by Crippen LogP contribution is -2.39. The number of hydrogen-bond donors (Lipinski definition) is 1. The molecule has 0 spiro atoms. The zero-order valence-corrected chi connectivity index (χ0v) is 14.0. The van der Waals surface area contributed by atoms with Crippen LogP contribution in [0.3, 0.4) is 0 Å². The molecule has 0 aliphatic rings. The highest BCUT2D eigenvalue weighted by molar-refractivity contribution is 9.10. The molecule has 0 aliphatic carbocycles. The normalized spacial score (nSPS) is 11.9. The van der Waals surface area contributed by atoms with Gasteiger partial charge in [-0.15, -0.1) is 0 Å². The summed E-state index contributed by atoms with van der Waals surface area (Å²) in [5, 5.41) is 9.91. The summed E-state index contributed by atoms with van der Waals surface area (Å²) in [6, 6.07) is 3.85. The topological polar surface area (TPSA) is 32.7 Å². The molecule has 0 aromatic heterocycles. The summed E-state index contributed by atoms with van der Waals surface area (Å²) in [5.41, 5.74) is 1.27. The minimum atomic E-state index is 0.149. The van der Waals surface area contributed by atoms with Crippen LogP contribution in [-0.4, -0.2) is 29.2 Å². The van der Waals surface area contributed by atoms with Crippen molar-refractivity contribution < 1.29 is 9.84 Å². The van der Waals surface area contributed by atoms with Crippen molar-refractivity contribution in [3.63, 3.8) is 0 Å². The fraction of sp³-hybridized carbons (Fsp3) is 0.600. The van der Waals surface area contributed by atoms with E-state index < -0.39 is 0 Å². The van der Waals surface area contributed by atoms with Gasteiger partial charge in [0, 0.05) is 12.1 Å². The lowest BCUT2D eigenvalue weighted by atomic mass is 9.99. The molecule has 0 fully saturated rings. The van der Waals surface area contributed by atoms with Gasteiger partial charge in [-0.25, -0.2) is 0 Å². The molecule has 1 aromatic rings. The summed E-state index contributed by atoms with van der Waals surface area (Å²) in [6.45, 7) is 9.92. The third kappa shape index (κ3) is 4.11. The SMILES string of the molecule is CCOc1cc(CN(C)C(C)(C)CC)cc(Br)c1O. The molecule has 0 bridgehead atoms. The Labute approximate surface area is 124 Å². The van der Waals surface area contributed by atoms with Crippen molar-refractivity contribution in [1.82, 2.24) is 4.90 Å². The second-order valence-electron chi connectivity index (χ2n) is 5.38. The van der Waals surface area contributed by atoms with Gasteiger partial charge in [0.15, 0.2) is 11.5 Å². The van der Waals surface area contributed by atoms with E-state index in [1.165, 1.54) is 0 Å². The molecule has 108 valence electrons. The molecule has 1 N–H and O–H groups in total. The number of aromatic hydroxyl groups is 1. The summed E-state index contributed by atoms with van der Waals surface area (Å²) in [4.78, 5) is 2.31. The van der Waals surface area contributed by atoms with Gasteiger partial charge in [-0.1, -0.05) is 6.92 Å². The molecule has 0 amide bonds. The molecule has 0 saturated heterocycles. The number of rotatable bonds is 6. The van der Waals surface area contributed by atoms with E-state index in [1.807, 2.05) is 19.1 Å². The third-order valence-electron chi connectivity index (χ3n) is 3.71. The van der Waals surface area contributed by atoms with Crippen molar-refractivity contribution in [2.24, 2.45) is 0 Å². The van der Waals surface area contributed by atoms with E-state index >= 15 is 0 Å². The summed E-state index contributed by atoms with van der Waals surface area (Å²) in [5.74, 6) is 0.706. The van der Waals surface area contributed by atoms with Crippen molar-refractivity contribution in [2.75, 3.05) is 13.7 Å². The number of nitrogens with zero attached hydrogens (tertiary/aromatic N) is 1. The highest BCUT2D eigenvalue weighted by atomic mass is 79.9. The lowest BCUT2D eigenvalue weighted by molar-refractivity contribution is 0.143. The summed E-state index contributed by atoms with van der Waals surface area (Å²) in [7, 11) is 2.12. The number of hydrogen-bond acceptors (Lipinski definition) is 3. The van der Waals surface area contributed by atoms with Gasteiger partial charge in [-0.3, -0.25) is 4.90 Å². The Morgan fingerprint density at radius 1 is 1.32 bits per heavy atom. The average Bonchev–Trinajstić information content (AvgIpc) is 2.35. The Kier molecular flexibility index (Phi) is 5.68. The maximum atomic E-state index is 9.91. The van der Waals surface area contributed by atoms with Crippen LogP contribution >= 0.6 is 15.9 Å². The molecule has 0 heterocycles. The molecule has 4 heteroatoms. The quantitative estimate of drug-likeness (QED) is 0.849. The predicted octanol–water partition coefficient (Wildman–Crippen LogP) is 4.17. The minimum Gasteiger partial charge on any atom is -0.503 e. The van der Waals surface area contributed by atoms with E-state index in [1.54, 1.807) is 0 Å². The Hall–Kier alpha value is -0.740. The zero-order valence-electron chi connectivity index (χ0n) is 12.5. The van der Waals surface area contributed by atoms with Gasteiger partial charge in [0.1, 0.15) is 0 Å². The Morgan fingerprint density at radius 2 is 1.95 bits per heavy atom. The van der Waals surface area contributed by atoms with Gasteiger partial charge in [-0.2, -0.15) is 0 Å². The van der Waals surface area contributed by atoms with Crippen molar-refractivity contribution in [1.29, 1.82) is 0 Å². The first-order valence-corrected chi connectivity index (χ1v) is 7.46. The van der Waals surface area contributed by atoms with Gasteiger partial charge in [-0.05, 0) is 67.9 Å². The highest BCUT2D eigenvalue weighted by Gasteiger charge is 2.21. The molecule has 19 heavy (non-hydrogen) atoms. The fourth-order valence-electron chi connectivity index (χ4n) is 1.74. The first-order valence-electron chi connectivity index (χ1n) is 6.67. The third-order valence-corrected chi connectivity index (χ3v) is 4.31. The lowest BCUT2D eigenvalue weighted by Gasteiger charge is -2.35. The maximum Gasteiger partial charge on any atom is 0.172 e. The summed E-state index contributed by atoms with van der Waals surface area (Å²) >= 11 is 3.38. The number of phenols is 1. The molecule has 0 radical (unpaired) electrons. The molecule has 1 aromatic carbocycles. The fourth-order valence-corrected chi connectivity index (χ4v) is 2.23. The number of benzene rings is 1. The monoisotopic (exact) mass is 329 g/mol.